The third-order valence-electron chi connectivity index (χ3n) is 4.23. The highest BCUT2D eigenvalue weighted by Gasteiger charge is 2.41. The molecule has 1 aromatic carbocycles. The minimum atomic E-state index is -0.322. The number of ketones is 1. The molecule has 2 heterocycles. The van der Waals surface area contributed by atoms with Gasteiger partial charge in [-0.25, -0.2) is 0 Å². The van der Waals surface area contributed by atoms with Gasteiger partial charge in [0.1, 0.15) is 5.75 Å². The number of hydrogen-bond donors (Lipinski definition) is 0. The normalized spacial score (nSPS) is 18.0. The maximum Gasteiger partial charge on any atom is 0.173 e. The summed E-state index contributed by atoms with van der Waals surface area (Å²) in [7, 11) is 0. The summed E-state index contributed by atoms with van der Waals surface area (Å²) in [4.78, 5) is 16.8. The van der Waals surface area contributed by atoms with E-state index in [9.17, 15) is 4.79 Å². The Morgan fingerprint density at radius 2 is 1.95 bits per heavy atom. The van der Waals surface area contributed by atoms with E-state index in [1.807, 2.05) is 12.1 Å². The van der Waals surface area contributed by atoms with Crippen molar-refractivity contribution < 1.29 is 9.53 Å². The lowest BCUT2D eigenvalue weighted by Crippen LogP contribution is -2.41. The molecule has 1 aromatic heterocycles. The highest BCUT2D eigenvalue weighted by atomic mass is 35.5. The van der Waals surface area contributed by atoms with Gasteiger partial charge in [0.05, 0.1) is 18.1 Å². The van der Waals surface area contributed by atoms with Crippen LogP contribution < -0.4 is 4.74 Å². The molecule has 3 rings (SSSR count). The Balaban J connectivity index is 1.98. The van der Waals surface area contributed by atoms with Crippen LogP contribution in [0, 0.1) is 5.92 Å². The van der Waals surface area contributed by atoms with E-state index in [2.05, 4.69) is 18.8 Å². The summed E-state index contributed by atoms with van der Waals surface area (Å²) < 4.78 is 5.77. The predicted molar refractivity (Wildman–Crippen MR) is 82.0 cm³/mol. The molecule has 0 saturated carbocycles. The number of aromatic nitrogens is 1. The number of halogens is 1. The zero-order valence-electron chi connectivity index (χ0n) is 12.0. The topological polar surface area (TPSA) is 39.2 Å². The van der Waals surface area contributed by atoms with Gasteiger partial charge in [-0.3, -0.25) is 9.78 Å². The monoisotopic (exact) mass is 301 g/mol. The smallest absolute Gasteiger partial charge is 0.173 e. The fraction of sp³-hybridized carbons (Fsp3) is 0.294. The second-order valence-corrected chi connectivity index (χ2v) is 6.26. The van der Waals surface area contributed by atoms with Crippen molar-refractivity contribution in [1.82, 2.24) is 4.98 Å². The number of pyridine rings is 1. The molecule has 0 saturated heterocycles. The van der Waals surface area contributed by atoms with E-state index in [1.54, 1.807) is 30.6 Å². The van der Waals surface area contributed by atoms with Crippen LogP contribution in [0.3, 0.4) is 0 Å². The van der Waals surface area contributed by atoms with Crippen LogP contribution in [0.15, 0.2) is 42.7 Å². The maximum atomic E-state index is 12.8. The van der Waals surface area contributed by atoms with E-state index in [0.717, 1.165) is 5.56 Å². The van der Waals surface area contributed by atoms with Crippen LogP contribution in [0.4, 0.5) is 0 Å². The van der Waals surface area contributed by atoms with Gasteiger partial charge in [0.25, 0.3) is 0 Å². The van der Waals surface area contributed by atoms with Gasteiger partial charge < -0.3 is 4.74 Å². The number of hydrogen-bond acceptors (Lipinski definition) is 3. The zero-order chi connectivity index (χ0) is 15.0. The van der Waals surface area contributed by atoms with Gasteiger partial charge in [-0.15, -0.1) is 0 Å². The molecular weight excluding hydrogens is 286 g/mol. The number of rotatable bonds is 2. The van der Waals surface area contributed by atoms with Gasteiger partial charge in [-0.05, 0) is 35.9 Å². The van der Waals surface area contributed by atoms with E-state index in [1.165, 1.54) is 0 Å². The minimum Gasteiger partial charge on any atom is -0.492 e. The lowest BCUT2D eigenvalue weighted by Gasteiger charge is -2.36. The molecule has 0 bridgehead atoms. The Morgan fingerprint density at radius 1 is 1.24 bits per heavy atom. The van der Waals surface area contributed by atoms with Crippen molar-refractivity contribution in [1.29, 1.82) is 0 Å². The number of ether oxygens (including phenoxy) is 1. The number of benzene rings is 1. The lowest BCUT2D eigenvalue weighted by molar-refractivity contribution is 0.0737. The van der Waals surface area contributed by atoms with Gasteiger partial charge in [0, 0.05) is 22.8 Å². The quantitative estimate of drug-likeness (QED) is 0.844. The summed E-state index contributed by atoms with van der Waals surface area (Å²) in [6, 6.07) is 9.07. The number of Topliss-reactive ketones (excluding diaryl/α,β-unsaturated/α-hetero) is 1. The molecule has 21 heavy (non-hydrogen) atoms. The Morgan fingerprint density at radius 3 is 2.67 bits per heavy atom. The fourth-order valence-corrected chi connectivity index (χ4v) is 2.94. The molecule has 2 aromatic rings. The predicted octanol–water partition coefficient (Wildman–Crippen LogP) is 3.90. The minimum absolute atomic E-state index is 0.106. The Hall–Kier alpha value is -1.87. The van der Waals surface area contributed by atoms with E-state index in [-0.39, 0.29) is 17.1 Å². The Kier molecular flexibility index (Phi) is 3.46. The Bertz CT molecular complexity index is 682. The van der Waals surface area contributed by atoms with Gasteiger partial charge in [-0.1, -0.05) is 25.4 Å². The van der Waals surface area contributed by atoms with Crippen LogP contribution in [0.25, 0.3) is 0 Å². The molecular formula is C17H16ClNO2. The van der Waals surface area contributed by atoms with Crippen molar-refractivity contribution in [3.63, 3.8) is 0 Å². The third kappa shape index (κ3) is 2.42. The molecule has 0 aliphatic carbocycles. The molecule has 3 nitrogen and oxygen atoms in total. The summed E-state index contributed by atoms with van der Waals surface area (Å²) >= 11 is 5.95. The fourth-order valence-electron chi connectivity index (χ4n) is 2.77. The van der Waals surface area contributed by atoms with Gasteiger partial charge >= 0.3 is 0 Å². The average Bonchev–Trinajstić information content (AvgIpc) is 2.48. The van der Waals surface area contributed by atoms with E-state index in [4.69, 9.17) is 16.3 Å². The molecule has 0 amide bonds. The lowest BCUT2D eigenvalue weighted by atomic mass is 9.70. The van der Waals surface area contributed by atoms with Crippen LogP contribution in [0.2, 0.25) is 5.02 Å². The first kappa shape index (κ1) is 14.1. The number of nitrogens with zero attached hydrogens (tertiary/aromatic N) is 1. The second-order valence-electron chi connectivity index (χ2n) is 5.83. The molecule has 0 spiro atoms. The molecule has 1 atom stereocenters. The third-order valence-corrected chi connectivity index (χ3v) is 4.46. The first-order valence-electron chi connectivity index (χ1n) is 6.87. The zero-order valence-corrected chi connectivity index (χ0v) is 12.7. The first-order valence-corrected chi connectivity index (χ1v) is 7.25. The second kappa shape index (κ2) is 5.15. The summed E-state index contributed by atoms with van der Waals surface area (Å²) in [5.74, 6) is 0.456. The molecule has 0 N–H and O–H groups in total. The molecule has 0 fully saturated rings. The summed E-state index contributed by atoms with van der Waals surface area (Å²) in [5.41, 5.74) is 1.37. The van der Waals surface area contributed by atoms with Crippen molar-refractivity contribution in [2.45, 2.75) is 19.3 Å². The van der Waals surface area contributed by atoms with Gasteiger partial charge in [0.15, 0.2) is 5.78 Å². The van der Waals surface area contributed by atoms with Crippen molar-refractivity contribution in [3.8, 4) is 5.75 Å². The largest absolute Gasteiger partial charge is 0.492 e. The highest BCUT2D eigenvalue weighted by Crippen LogP contribution is 2.39. The van der Waals surface area contributed by atoms with Gasteiger partial charge in [-0.2, -0.15) is 0 Å². The molecule has 1 aliphatic heterocycles. The van der Waals surface area contributed by atoms with E-state index >= 15 is 0 Å². The van der Waals surface area contributed by atoms with E-state index in [0.29, 0.717) is 22.9 Å². The molecule has 0 radical (unpaired) electrons. The van der Waals surface area contributed by atoms with Crippen LogP contribution in [0.1, 0.15) is 29.8 Å². The van der Waals surface area contributed by atoms with Crippen LogP contribution in [-0.4, -0.2) is 17.4 Å². The highest BCUT2D eigenvalue weighted by molar-refractivity contribution is 6.30. The molecule has 1 unspecified atom stereocenters. The summed E-state index contributed by atoms with van der Waals surface area (Å²) in [6.45, 7) is 4.49. The average molecular weight is 302 g/mol. The van der Waals surface area contributed by atoms with Crippen molar-refractivity contribution in [3.05, 3.63) is 58.9 Å². The number of fused-ring (bicyclic) bond motifs is 1. The standard InChI is InChI=1S/C17H16ClNO2/c1-17(2,11-5-7-19-8-6-11)14-10-21-15-9-12(18)3-4-13(15)16(14)20/h3-9,14H,10H2,1-2H3. The summed E-state index contributed by atoms with van der Waals surface area (Å²) in [6.07, 6.45) is 3.50. The molecule has 1 aliphatic rings. The van der Waals surface area contributed by atoms with Crippen LogP contribution in [-0.2, 0) is 5.41 Å². The Labute approximate surface area is 128 Å². The van der Waals surface area contributed by atoms with Crippen molar-refractivity contribution in [2.75, 3.05) is 6.61 Å². The van der Waals surface area contributed by atoms with Crippen LogP contribution in [0.5, 0.6) is 5.75 Å². The van der Waals surface area contributed by atoms with Gasteiger partial charge in [0.2, 0.25) is 0 Å². The molecule has 4 heteroatoms. The number of carbonyl (C=O) groups excluding carboxylic acids is 1. The van der Waals surface area contributed by atoms with E-state index < -0.39 is 0 Å². The SMILES string of the molecule is CC(C)(c1ccncc1)C1COc2cc(Cl)ccc2C1=O. The van der Waals surface area contributed by atoms with Crippen molar-refractivity contribution >= 4 is 17.4 Å². The maximum absolute atomic E-state index is 12.8. The number of carbonyl (C=O) groups is 1. The van der Waals surface area contributed by atoms with Crippen molar-refractivity contribution in [2.24, 2.45) is 5.92 Å². The summed E-state index contributed by atoms with van der Waals surface area (Å²) in [5, 5.41) is 0.577. The molecule has 108 valence electrons. The van der Waals surface area contributed by atoms with Crippen LogP contribution >= 0.6 is 11.6 Å². The first-order chi connectivity index (χ1) is 10.00.